The molecular formula is C21H24N2O4. The van der Waals surface area contributed by atoms with Crippen LogP contribution in [0, 0.1) is 6.92 Å². The maximum atomic E-state index is 12.2. The smallest absolute Gasteiger partial charge is 0.265 e. The van der Waals surface area contributed by atoms with Gasteiger partial charge in [-0.25, -0.2) is 0 Å². The van der Waals surface area contributed by atoms with Crippen LogP contribution in [0.3, 0.4) is 0 Å². The Bertz CT molecular complexity index is 817. The summed E-state index contributed by atoms with van der Waals surface area (Å²) in [5.74, 6) is 1.39. The van der Waals surface area contributed by atoms with Gasteiger partial charge in [-0.2, -0.15) is 0 Å². The van der Waals surface area contributed by atoms with Crippen molar-refractivity contribution in [2.75, 3.05) is 25.2 Å². The molecule has 2 aromatic carbocycles. The van der Waals surface area contributed by atoms with Crippen LogP contribution in [0.2, 0.25) is 0 Å². The molecule has 0 radical (unpaired) electrons. The monoisotopic (exact) mass is 368 g/mol. The molecule has 0 fully saturated rings. The van der Waals surface area contributed by atoms with E-state index in [2.05, 4.69) is 5.32 Å². The number of benzene rings is 2. The number of anilines is 1. The van der Waals surface area contributed by atoms with E-state index in [1.54, 1.807) is 12.0 Å². The Morgan fingerprint density at radius 2 is 2.00 bits per heavy atom. The van der Waals surface area contributed by atoms with Gasteiger partial charge in [-0.05, 0) is 48.7 Å². The van der Waals surface area contributed by atoms with Gasteiger partial charge in [-0.1, -0.05) is 18.2 Å². The topological polar surface area (TPSA) is 67.9 Å². The third-order valence-corrected chi connectivity index (χ3v) is 4.49. The second kappa shape index (κ2) is 8.58. The first-order valence-corrected chi connectivity index (χ1v) is 9.00. The molecule has 2 aromatic rings. The van der Waals surface area contributed by atoms with Gasteiger partial charge in [-0.15, -0.1) is 0 Å². The van der Waals surface area contributed by atoms with E-state index in [0.29, 0.717) is 31.7 Å². The lowest BCUT2D eigenvalue weighted by Crippen LogP contribution is -2.39. The van der Waals surface area contributed by atoms with Crippen LogP contribution in [0.15, 0.2) is 42.5 Å². The normalized spacial score (nSPS) is 13.0. The Morgan fingerprint density at radius 1 is 1.22 bits per heavy atom. The first-order chi connectivity index (χ1) is 13.1. The highest BCUT2D eigenvalue weighted by Gasteiger charge is 2.25. The van der Waals surface area contributed by atoms with Crippen LogP contribution in [0.25, 0.3) is 0 Å². The number of hydrogen-bond donors (Lipinski definition) is 1. The molecule has 0 aliphatic carbocycles. The van der Waals surface area contributed by atoms with Gasteiger partial charge in [-0.3, -0.25) is 9.59 Å². The minimum Gasteiger partial charge on any atom is -0.497 e. The Labute approximate surface area is 159 Å². The van der Waals surface area contributed by atoms with Gasteiger partial charge in [0.15, 0.2) is 6.61 Å². The van der Waals surface area contributed by atoms with E-state index in [9.17, 15) is 9.59 Å². The van der Waals surface area contributed by atoms with Crippen molar-refractivity contribution in [3.8, 4) is 11.5 Å². The Hall–Kier alpha value is -3.02. The van der Waals surface area contributed by atoms with Crippen LogP contribution in [0.1, 0.15) is 24.0 Å². The number of nitrogens with one attached hydrogen (secondary N) is 1. The zero-order chi connectivity index (χ0) is 19.2. The molecule has 0 atom stereocenters. The summed E-state index contributed by atoms with van der Waals surface area (Å²) in [5.41, 5.74) is 2.86. The molecule has 27 heavy (non-hydrogen) atoms. The SMILES string of the molecule is COc1ccc(CNC(=O)CCCN2C(=O)COc3ccc(C)cc32)cc1. The molecule has 142 valence electrons. The maximum absolute atomic E-state index is 12.2. The van der Waals surface area contributed by atoms with E-state index in [1.165, 1.54) is 0 Å². The average Bonchev–Trinajstić information content (AvgIpc) is 2.68. The van der Waals surface area contributed by atoms with Gasteiger partial charge in [0, 0.05) is 19.5 Å². The van der Waals surface area contributed by atoms with Gasteiger partial charge >= 0.3 is 0 Å². The van der Waals surface area contributed by atoms with Crippen LogP contribution < -0.4 is 19.7 Å². The molecule has 6 nitrogen and oxygen atoms in total. The number of carbonyl (C=O) groups excluding carboxylic acids is 2. The van der Waals surface area contributed by atoms with Crippen molar-refractivity contribution in [2.45, 2.75) is 26.3 Å². The highest BCUT2D eigenvalue weighted by Crippen LogP contribution is 2.32. The van der Waals surface area contributed by atoms with Gasteiger partial charge in [0.05, 0.1) is 12.8 Å². The molecule has 3 rings (SSSR count). The van der Waals surface area contributed by atoms with Crippen molar-refractivity contribution in [1.29, 1.82) is 0 Å². The van der Waals surface area contributed by atoms with E-state index in [0.717, 1.165) is 22.6 Å². The predicted octanol–water partition coefficient (Wildman–Crippen LogP) is 2.83. The summed E-state index contributed by atoms with van der Waals surface area (Å²) in [4.78, 5) is 26.0. The minimum atomic E-state index is -0.0771. The lowest BCUT2D eigenvalue weighted by atomic mass is 10.1. The van der Waals surface area contributed by atoms with Gasteiger partial charge in [0.1, 0.15) is 11.5 Å². The minimum absolute atomic E-state index is 0.0315. The molecule has 0 saturated heterocycles. The zero-order valence-corrected chi connectivity index (χ0v) is 15.7. The second-order valence-electron chi connectivity index (χ2n) is 6.53. The number of nitrogens with zero attached hydrogens (tertiary/aromatic N) is 1. The fourth-order valence-electron chi connectivity index (χ4n) is 2.99. The molecule has 0 aromatic heterocycles. The van der Waals surface area contributed by atoms with E-state index < -0.39 is 0 Å². The van der Waals surface area contributed by atoms with Crippen molar-refractivity contribution in [1.82, 2.24) is 5.32 Å². The summed E-state index contributed by atoms with van der Waals surface area (Å²) >= 11 is 0. The zero-order valence-electron chi connectivity index (χ0n) is 15.7. The van der Waals surface area contributed by atoms with E-state index >= 15 is 0 Å². The number of carbonyl (C=O) groups is 2. The number of ether oxygens (including phenoxy) is 2. The van der Waals surface area contributed by atoms with E-state index in [4.69, 9.17) is 9.47 Å². The molecule has 1 aliphatic heterocycles. The summed E-state index contributed by atoms with van der Waals surface area (Å²) in [5, 5.41) is 2.91. The number of hydrogen-bond acceptors (Lipinski definition) is 4. The van der Waals surface area contributed by atoms with E-state index in [-0.39, 0.29) is 18.4 Å². The van der Waals surface area contributed by atoms with Gasteiger partial charge in [0.2, 0.25) is 5.91 Å². The molecule has 0 saturated carbocycles. The Balaban J connectivity index is 1.48. The molecule has 1 aliphatic rings. The first-order valence-electron chi connectivity index (χ1n) is 9.00. The number of amides is 2. The van der Waals surface area contributed by atoms with Gasteiger partial charge < -0.3 is 19.7 Å². The summed E-state index contributed by atoms with van der Waals surface area (Å²) in [6.07, 6.45) is 0.954. The van der Waals surface area contributed by atoms with Crippen LogP contribution in [-0.2, 0) is 16.1 Å². The van der Waals surface area contributed by atoms with Crippen LogP contribution >= 0.6 is 0 Å². The second-order valence-corrected chi connectivity index (χ2v) is 6.53. The molecule has 0 spiro atoms. The van der Waals surface area contributed by atoms with Crippen molar-refractivity contribution in [3.63, 3.8) is 0 Å². The Morgan fingerprint density at radius 3 is 2.74 bits per heavy atom. The maximum Gasteiger partial charge on any atom is 0.265 e. The fourth-order valence-corrected chi connectivity index (χ4v) is 2.99. The number of rotatable bonds is 7. The average molecular weight is 368 g/mol. The van der Waals surface area contributed by atoms with Crippen molar-refractivity contribution >= 4 is 17.5 Å². The lowest BCUT2D eigenvalue weighted by molar-refractivity contribution is -0.123. The van der Waals surface area contributed by atoms with Crippen LogP contribution in [0.4, 0.5) is 5.69 Å². The summed E-state index contributed by atoms with van der Waals surface area (Å²) in [6, 6.07) is 13.4. The molecule has 6 heteroatoms. The van der Waals surface area contributed by atoms with Crippen LogP contribution in [0.5, 0.6) is 11.5 Å². The molecule has 2 amide bonds. The number of aryl methyl sites for hydroxylation is 1. The predicted molar refractivity (Wildman–Crippen MR) is 103 cm³/mol. The van der Waals surface area contributed by atoms with Crippen molar-refractivity contribution in [3.05, 3.63) is 53.6 Å². The fraction of sp³-hybridized carbons (Fsp3) is 0.333. The highest BCUT2D eigenvalue weighted by molar-refractivity contribution is 5.98. The summed E-state index contributed by atoms with van der Waals surface area (Å²) in [7, 11) is 1.62. The standard InChI is InChI=1S/C21H24N2O4/c1-15-5-10-19-18(12-15)23(21(25)14-27-19)11-3-4-20(24)22-13-16-6-8-17(26-2)9-7-16/h5-10,12H,3-4,11,13-14H2,1-2H3,(H,22,24). The first kappa shape index (κ1) is 18.8. The molecule has 1 N–H and O–H groups in total. The molecule has 0 unspecified atom stereocenters. The largest absolute Gasteiger partial charge is 0.497 e. The van der Waals surface area contributed by atoms with Gasteiger partial charge in [0.25, 0.3) is 5.91 Å². The Kier molecular flexibility index (Phi) is 5.96. The molecular weight excluding hydrogens is 344 g/mol. The quantitative estimate of drug-likeness (QED) is 0.816. The summed E-state index contributed by atoms with van der Waals surface area (Å²) in [6.45, 7) is 2.99. The molecule has 1 heterocycles. The third kappa shape index (κ3) is 4.78. The van der Waals surface area contributed by atoms with Crippen molar-refractivity contribution < 1.29 is 19.1 Å². The van der Waals surface area contributed by atoms with Crippen molar-refractivity contribution in [2.24, 2.45) is 0 Å². The third-order valence-electron chi connectivity index (χ3n) is 4.49. The lowest BCUT2D eigenvalue weighted by Gasteiger charge is -2.29. The van der Waals surface area contributed by atoms with E-state index in [1.807, 2.05) is 49.4 Å². The summed E-state index contributed by atoms with van der Waals surface area (Å²) < 4.78 is 10.6. The van der Waals surface area contributed by atoms with Crippen LogP contribution in [-0.4, -0.2) is 32.1 Å². The number of methoxy groups -OCH3 is 1. The highest BCUT2D eigenvalue weighted by atomic mass is 16.5. The molecule has 0 bridgehead atoms. The number of fused-ring (bicyclic) bond motifs is 1.